The van der Waals surface area contributed by atoms with Gasteiger partial charge >= 0.3 is 6.03 Å². The molecule has 0 bridgehead atoms. The fourth-order valence-corrected chi connectivity index (χ4v) is 3.79. The van der Waals surface area contributed by atoms with Crippen LogP contribution in [0.25, 0.3) is 0 Å². The Kier molecular flexibility index (Phi) is 7.29. The molecule has 2 fully saturated rings. The Morgan fingerprint density at radius 1 is 1.22 bits per heavy atom. The number of likely N-dealkylation sites (tertiary alicyclic amines) is 1. The first kappa shape index (κ1) is 19.9. The van der Waals surface area contributed by atoms with Gasteiger partial charge in [-0.25, -0.2) is 9.78 Å². The van der Waals surface area contributed by atoms with E-state index in [0.29, 0.717) is 19.7 Å². The Hall–Kier alpha value is -1.86. The molecule has 2 amide bonds. The molecule has 1 aromatic heterocycles. The second-order valence-electron chi connectivity index (χ2n) is 7.27. The standard InChI is InChI=1S/C20H33N5O2/c1-3-23-10-12-24(13-11-23)19-8-7-17(14-21-19)15-22-20(26)25-9-5-6-18(16-25)27-4-2/h7-8,14,18H,3-6,9-13,15-16H2,1-2H3,(H,22,26). The number of pyridine rings is 1. The molecule has 7 heteroatoms. The molecule has 0 aromatic carbocycles. The monoisotopic (exact) mass is 375 g/mol. The molecule has 0 spiro atoms. The quantitative estimate of drug-likeness (QED) is 0.823. The number of carbonyl (C=O) groups excluding carboxylic acids is 1. The molecule has 3 heterocycles. The van der Waals surface area contributed by atoms with Crippen LogP contribution in [-0.4, -0.2) is 79.3 Å². The number of nitrogens with zero attached hydrogens (tertiary/aromatic N) is 4. The summed E-state index contributed by atoms with van der Waals surface area (Å²) in [6.45, 7) is 12.2. The molecule has 2 saturated heterocycles. The summed E-state index contributed by atoms with van der Waals surface area (Å²) in [5.74, 6) is 1.02. The fraction of sp³-hybridized carbons (Fsp3) is 0.700. The van der Waals surface area contributed by atoms with Crippen molar-refractivity contribution in [2.45, 2.75) is 39.3 Å². The molecule has 150 valence electrons. The summed E-state index contributed by atoms with van der Waals surface area (Å²) in [5.41, 5.74) is 1.03. The van der Waals surface area contributed by atoms with Crippen molar-refractivity contribution in [3.63, 3.8) is 0 Å². The predicted molar refractivity (Wildman–Crippen MR) is 107 cm³/mol. The number of anilines is 1. The van der Waals surface area contributed by atoms with Crippen molar-refractivity contribution in [1.29, 1.82) is 0 Å². The second kappa shape index (κ2) is 9.90. The van der Waals surface area contributed by atoms with E-state index in [1.54, 1.807) is 0 Å². The van der Waals surface area contributed by atoms with Crippen LogP contribution in [0.1, 0.15) is 32.3 Å². The molecule has 0 radical (unpaired) electrons. The van der Waals surface area contributed by atoms with Crippen molar-refractivity contribution in [2.24, 2.45) is 0 Å². The van der Waals surface area contributed by atoms with Crippen LogP contribution in [0.5, 0.6) is 0 Å². The van der Waals surface area contributed by atoms with E-state index in [2.05, 4.69) is 39.2 Å². The summed E-state index contributed by atoms with van der Waals surface area (Å²) < 4.78 is 5.67. The van der Waals surface area contributed by atoms with E-state index in [1.807, 2.05) is 18.0 Å². The highest BCUT2D eigenvalue weighted by Crippen LogP contribution is 2.15. The Morgan fingerprint density at radius 3 is 2.70 bits per heavy atom. The lowest BCUT2D eigenvalue weighted by Crippen LogP contribution is -2.47. The van der Waals surface area contributed by atoms with Crippen molar-refractivity contribution >= 4 is 11.8 Å². The zero-order valence-electron chi connectivity index (χ0n) is 16.7. The minimum atomic E-state index is -0.0147. The smallest absolute Gasteiger partial charge is 0.317 e. The highest BCUT2D eigenvalue weighted by atomic mass is 16.5. The van der Waals surface area contributed by atoms with E-state index >= 15 is 0 Å². The Labute approximate surface area is 162 Å². The van der Waals surface area contributed by atoms with Crippen LogP contribution in [0.15, 0.2) is 18.3 Å². The van der Waals surface area contributed by atoms with Crippen LogP contribution in [0.2, 0.25) is 0 Å². The van der Waals surface area contributed by atoms with Gasteiger partial charge in [0.1, 0.15) is 5.82 Å². The van der Waals surface area contributed by atoms with E-state index in [9.17, 15) is 4.79 Å². The third kappa shape index (κ3) is 5.56. The Bertz CT molecular complexity index is 585. The van der Waals surface area contributed by atoms with Crippen molar-refractivity contribution in [1.82, 2.24) is 20.1 Å². The predicted octanol–water partition coefficient (Wildman–Crippen LogP) is 1.93. The van der Waals surface area contributed by atoms with E-state index in [4.69, 9.17) is 4.74 Å². The number of nitrogens with one attached hydrogen (secondary N) is 1. The molecular weight excluding hydrogens is 342 g/mol. The summed E-state index contributed by atoms with van der Waals surface area (Å²) in [6.07, 6.45) is 4.08. The molecule has 0 aliphatic carbocycles. The van der Waals surface area contributed by atoms with Gasteiger partial charge < -0.3 is 24.8 Å². The van der Waals surface area contributed by atoms with E-state index in [0.717, 1.165) is 63.5 Å². The lowest BCUT2D eigenvalue weighted by molar-refractivity contribution is 0.0164. The number of piperazine rings is 1. The summed E-state index contributed by atoms with van der Waals surface area (Å²) in [4.78, 5) is 23.7. The number of likely N-dealkylation sites (N-methyl/N-ethyl adjacent to an activating group) is 1. The molecule has 1 unspecified atom stereocenters. The number of piperidine rings is 1. The number of carbonyl (C=O) groups is 1. The Balaban J connectivity index is 1.45. The molecule has 2 aliphatic heterocycles. The molecule has 2 aliphatic rings. The van der Waals surface area contributed by atoms with E-state index < -0.39 is 0 Å². The minimum Gasteiger partial charge on any atom is -0.377 e. The summed E-state index contributed by atoms with van der Waals surface area (Å²) >= 11 is 0. The fourth-order valence-electron chi connectivity index (χ4n) is 3.79. The van der Waals surface area contributed by atoms with Gasteiger partial charge in [-0.3, -0.25) is 0 Å². The lowest BCUT2D eigenvalue weighted by atomic mass is 10.1. The molecule has 27 heavy (non-hydrogen) atoms. The highest BCUT2D eigenvalue weighted by Gasteiger charge is 2.23. The SMILES string of the molecule is CCOC1CCCN(C(=O)NCc2ccc(N3CCN(CC)CC3)nc2)C1. The maximum atomic E-state index is 12.4. The van der Waals surface area contributed by atoms with Gasteiger partial charge in [-0.2, -0.15) is 0 Å². The van der Waals surface area contributed by atoms with Crippen molar-refractivity contribution in [3.05, 3.63) is 23.9 Å². The van der Waals surface area contributed by atoms with Gasteiger partial charge in [0.25, 0.3) is 0 Å². The third-order valence-corrected chi connectivity index (χ3v) is 5.46. The molecule has 1 aromatic rings. The first-order valence-corrected chi connectivity index (χ1v) is 10.3. The molecule has 0 saturated carbocycles. The van der Waals surface area contributed by atoms with Gasteiger partial charge in [0, 0.05) is 58.6 Å². The molecule has 3 rings (SSSR count). The molecule has 1 N–H and O–H groups in total. The molecular formula is C20H33N5O2. The second-order valence-corrected chi connectivity index (χ2v) is 7.27. The minimum absolute atomic E-state index is 0.0147. The number of amides is 2. The van der Waals surface area contributed by atoms with Crippen LogP contribution in [0.3, 0.4) is 0 Å². The average molecular weight is 376 g/mol. The maximum Gasteiger partial charge on any atom is 0.317 e. The summed E-state index contributed by atoms with van der Waals surface area (Å²) in [6, 6.07) is 4.11. The number of aromatic nitrogens is 1. The molecule has 7 nitrogen and oxygen atoms in total. The zero-order valence-corrected chi connectivity index (χ0v) is 16.7. The van der Waals surface area contributed by atoms with Gasteiger partial charge in [0.05, 0.1) is 6.10 Å². The number of hydrogen-bond donors (Lipinski definition) is 1. The van der Waals surface area contributed by atoms with Gasteiger partial charge in [-0.1, -0.05) is 13.0 Å². The van der Waals surface area contributed by atoms with E-state index in [1.165, 1.54) is 0 Å². The summed E-state index contributed by atoms with van der Waals surface area (Å²) in [5, 5.41) is 3.01. The average Bonchev–Trinajstić information content (AvgIpc) is 2.73. The van der Waals surface area contributed by atoms with Crippen molar-refractivity contribution in [2.75, 3.05) is 57.3 Å². The number of ether oxygens (including phenoxy) is 1. The van der Waals surface area contributed by atoms with Crippen LogP contribution < -0.4 is 10.2 Å². The first-order chi connectivity index (χ1) is 13.2. The van der Waals surface area contributed by atoms with E-state index in [-0.39, 0.29) is 12.1 Å². The van der Waals surface area contributed by atoms with Crippen LogP contribution in [0.4, 0.5) is 10.6 Å². The van der Waals surface area contributed by atoms with Gasteiger partial charge in [-0.15, -0.1) is 0 Å². The van der Waals surface area contributed by atoms with Crippen LogP contribution >= 0.6 is 0 Å². The van der Waals surface area contributed by atoms with Gasteiger partial charge in [0.15, 0.2) is 0 Å². The van der Waals surface area contributed by atoms with Crippen molar-refractivity contribution in [3.8, 4) is 0 Å². The summed E-state index contributed by atoms with van der Waals surface area (Å²) in [7, 11) is 0. The van der Waals surface area contributed by atoms with Gasteiger partial charge in [0.2, 0.25) is 0 Å². The number of urea groups is 1. The van der Waals surface area contributed by atoms with Crippen LogP contribution in [0, 0.1) is 0 Å². The first-order valence-electron chi connectivity index (χ1n) is 10.3. The number of hydrogen-bond acceptors (Lipinski definition) is 5. The lowest BCUT2D eigenvalue weighted by Gasteiger charge is -2.34. The largest absolute Gasteiger partial charge is 0.377 e. The van der Waals surface area contributed by atoms with Crippen LogP contribution in [-0.2, 0) is 11.3 Å². The van der Waals surface area contributed by atoms with Crippen molar-refractivity contribution < 1.29 is 9.53 Å². The highest BCUT2D eigenvalue weighted by molar-refractivity contribution is 5.74. The normalized spacial score (nSPS) is 21.3. The third-order valence-electron chi connectivity index (χ3n) is 5.46. The number of rotatable bonds is 6. The topological polar surface area (TPSA) is 60.9 Å². The zero-order chi connectivity index (χ0) is 19.1. The Morgan fingerprint density at radius 2 is 2.04 bits per heavy atom. The maximum absolute atomic E-state index is 12.4. The van der Waals surface area contributed by atoms with Gasteiger partial charge in [-0.05, 0) is 37.9 Å². The molecule has 1 atom stereocenters.